The highest BCUT2D eigenvalue weighted by atomic mass is 79.9. The maximum atomic E-state index is 11.3. The molecule has 0 atom stereocenters. The molecule has 0 bridgehead atoms. The molecule has 82 heavy (non-hydrogen) atoms. The number of hydrogen-bond acceptors (Lipinski definition) is 6. The number of nitro benzene ring substituents is 2. The van der Waals surface area contributed by atoms with E-state index in [2.05, 4.69) is 209 Å². The molecular formula is C67H48BBr4N2O6PS-2. The van der Waals surface area contributed by atoms with Crippen molar-refractivity contribution in [2.24, 2.45) is 0 Å². The molecule has 0 unspecified atom stereocenters. The molecule has 0 fully saturated rings. The molecule has 1 aliphatic carbocycles. The highest BCUT2D eigenvalue weighted by molar-refractivity contribution is 9.11. The lowest BCUT2D eigenvalue weighted by atomic mass is 9.77. The fraction of sp³-hybridized carbons (Fsp3) is 0.0149. The van der Waals surface area contributed by atoms with Crippen LogP contribution >= 0.6 is 71.6 Å². The Kier molecular flexibility index (Phi) is 21.7. The number of nitro groups is 2. The maximum Gasteiger partial charge on any atom is 0.489 e. The third kappa shape index (κ3) is 15.1. The van der Waals surface area contributed by atoms with Gasteiger partial charge in [-0.25, -0.2) is 0 Å². The van der Waals surface area contributed by atoms with Gasteiger partial charge in [-0.05, 0) is 139 Å². The van der Waals surface area contributed by atoms with E-state index >= 15 is 0 Å². The second-order valence-electron chi connectivity index (χ2n) is 18.4. The van der Waals surface area contributed by atoms with Gasteiger partial charge in [0.1, 0.15) is 0 Å². The Labute approximate surface area is 517 Å². The molecule has 0 aromatic heterocycles. The van der Waals surface area contributed by atoms with Crippen molar-refractivity contribution in [2.45, 2.75) is 6.42 Å². The highest BCUT2D eigenvalue weighted by Crippen LogP contribution is 2.41. The van der Waals surface area contributed by atoms with Crippen LogP contribution in [-0.2, 0) is 19.9 Å². The molecule has 406 valence electrons. The number of non-ortho nitro benzene ring substituents is 2. The molecule has 15 heteroatoms. The van der Waals surface area contributed by atoms with Gasteiger partial charge in [-0.1, -0.05) is 270 Å². The normalized spacial score (nSPS) is 10.7. The summed E-state index contributed by atoms with van der Waals surface area (Å²) in [4.78, 5) is 21.2. The standard InChI is InChI=1S/C18H15P.C17H11Br.C16H10BrNO2.C10H8BNO4.C6H4Br2.S/c1-4-10-16(11-5-1)19(17-12-6-2-7-13-17)18-14-8-3-9-15-18;18-14-7-8-15-13(10-14)9-12-5-1-3-11-4-2-6-16(15)17(11)12;17-13-9-7-11(8-10-13)14-5-1-3-12-4-2-6-15(16(12)14)18(19)20;13-11(14)8-5-1-3-7-4-2-6-9(10(7)8)12(15)16;7-5-1-2-6(8)4-3-5;/h1-15H;1-8,10H,9H2;1-10H;1-6,13-14H;1-4H;/q;;;;;-2. The van der Waals surface area contributed by atoms with E-state index in [1.807, 2.05) is 72.8 Å². The molecule has 0 amide bonds. The van der Waals surface area contributed by atoms with Gasteiger partial charge in [0.05, 0.1) is 20.6 Å². The lowest BCUT2D eigenvalue weighted by molar-refractivity contribution is -0.383. The first-order valence-corrected chi connectivity index (χ1v) is 30.0. The minimum Gasteiger partial charge on any atom is -2.00 e. The Morgan fingerprint density at radius 1 is 0.378 bits per heavy atom. The number of nitrogens with zero attached hydrogens (tertiary/aromatic N) is 2. The zero-order valence-electron chi connectivity index (χ0n) is 43.5. The molecule has 13 rings (SSSR count). The highest BCUT2D eigenvalue weighted by Gasteiger charge is 2.22. The average molecular weight is 1370 g/mol. The summed E-state index contributed by atoms with van der Waals surface area (Å²) in [6, 6.07) is 88.1. The van der Waals surface area contributed by atoms with E-state index in [0.717, 1.165) is 40.8 Å². The van der Waals surface area contributed by atoms with E-state index < -0.39 is 20.0 Å². The van der Waals surface area contributed by atoms with Crippen molar-refractivity contribution in [2.75, 3.05) is 0 Å². The number of fused-ring (bicyclic) bond motifs is 4. The van der Waals surface area contributed by atoms with Crippen LogP contribution in [0.3, 0.4) is 0 Å². The molecular weight excluding hydrogens is 1320 g/mol. The molecule has 1 aliphatic rings. The maximum absolute atomic E-state index is 11.3. The molecule has 12 aromatic carbocycles. The van der Waals surface area contributed by atoms with Crippen LogP contribution in [0.4, 0.5) is 11.4 Å². The van der Waals surface area contributed by atoms with Crippen LogP contribution in [0.15, 0.2) is 285 Å². The van der Waals surface area contributed by atoms with Gasteiger partial charge in [-0.15, -0.1) is 0 Å². The van der Waals surface area contributed by atoms with Crippen molar-refractivity contribution >= 4 is 157 Å². The first kappa shape index (κ1) is 61.0. The predicted octanol–water partition coefficient (Wildman–Crippen LogP) is 17.4. The van der Waals surface area contributed by atoms with Gasteiger partial charge in [-0.2, -0.15) is 0 Å². The van der Waals surface area contributed by atoms with Crippen molar-refractivity contribution < 1.29 is 19.9 Å². The fourth-order valence-electron chi connectivity index (χ4n) is 9.64. The van der Waals surface area contributed by atoms with Crippen molar-refractivity contribution in [3.8, 4) is 22.3 Å². The van der Waals surface area contributed by atoms with E-state index in [4.69, 9.17) is 10.0 Å². The first-order chi connectivity index (χ1) is 39.3. The molecule has 12 aromatic rings. The summed E-state index contributed by atoms with van der Waals surface area (Å²) in [6.07, 6.45) is 1.03. The van der Waals surface area contributed by atoms with Gasteiger partial charge < -0.3 is 23.5 Å². The molecule has 0 saturated heterocycles. The number of halogens is 4. The Bertz CT molecular complexity index is 4010. The van der Waals surface area contributed by atoms with Gasteiger partial charge in [0.25, 0.3) is 11.4 Å². The third-order valence-electron chi connectivity index (χ3n) is 13.2. The Morgan fingerprint density at radius 3 is 1.24 bits per heavy atom. The largest absolute Gasteiger partial charge is 2.00 e. The van der Waals surface area contributed by atoms with Crippen LogP contribution < -0.4 is 21.4 Å². The molecule has 8 nitrogen and oxygen atoms in total. The molecule has 2 N–H and O–H groups in total. The van der Waals surface area contributed by atoms with Crippen LogP contribution in [0.25, 0.3) is 54.6 Å². The third-order valence-corrected chi connectivity index (χ3v) is 17.7. The summed E-state index contributed by atoms with van der Waals surface area (Å²) in [5, 5.41) is 49.8. The lowest BCUT2D eigenvalue weighted by Crippen LogP contribution is -2.30. The summed E-state index contributed by atoms with van der Waals surface area (Å²) in [7, 11) is -2.16. The zero-order valence-corrected chi connectivity index (χ0v) is 51.5. The minimum absolute atomic E-state index is 0. The van der Waals surface area contributed by atoms with Crippen LogP contribution in [0.2, 0.25) is 0 Å². The lowest BCUT2D eigenvalue weighted by Gasteiger charge is -2.20. The molecule has 0 heterocycles. The topological polar surface area (TPSA) is 127 Å². The second kappa shape index (κ2) is 29.2. The van der Waals surface area contributed by atoms with Gasteiger partial charge in [-0.3, -0.25) is 20.2 Å². The average Bonchev–Trinajstić information content (AvgIpc) is 3.62. The smallest absolute Gasteiger partial charge is 0.489 e. The number of benzene rings is 12. The molecule has 0 saturated carbocycles. The van der Waals surface area contributed by atoms with Crippen LogP contribution in [-0.4, -0.2) is 27.0 Å². The number of rotatable bonds is 7. The van der Waals surface area contributed by atoms with Crippen LogP contribution in [0.5, 0.6) is 0 Å². The summed E-state index contributed by atoms with van der Waals surface area (Å²) in [6.45, 7) is 0. The summed E-state index contributed by atoms with van der Waals surface area (Å²) in [5.74, 6) is 0. The van der Waals surface area contributed by atoms with E-state index in [1.54, 1.807) is 36.4 Å². The quantitative estimate of drug-likeness (QED) is 0.0708. The number of hydrogen-bond donors (Lipinski definition) is 2. The SMILES string of the molecule is Brc1ccc(Br)cc1.Brc1ccc2c(c1)Cc1cccc3cccc-2c13.O=[N+]([O-])c1cccc2cccc(-c3ccc(Br)cc3)c12.O=[N+]([O-])c1cccc2cccc(B(O)O)c12.[S-2].c1ccc(P(c2ccccc2)c2ccccc2)cc1. The summed E-state index contributed by atoms with van der Waals surface area (Å²) in [5.41, 5.74) is 7.60. The van der Waals surface area contributed by atoms with Crippen LogP contribution in [0, 0.1) is 20.2 Å². The summed E-state index contributed by atoms with van der Waals surface area (Å²) >= 11 is 13.6. The molecule has 0 spiro atoms. The Balaban J connectivity index is 0.000000137. The molecule has 0 aliphatic heterocycles. The van der Waals surface area contributed by atoms with Gasteiger partial charge in [0.2, 0.25) is 0 Å². The summed E-state index contributed by atoms with van der Waals surface area (Å²) < 4.78 is 4.37. The van der Waals surface area contributed by atoms with E-state index in [-0.39, 0.29) is 40.6 Å². The van der Waals surface area contributed by atoms with Gasteiger partial charge >= 0.3 is 7.12 Å². The fourth-order valence-corrected chi connectivity index (χ4v) is 13.1. The van der Waals surface area contributed by atoms with Gasteiger partial charge in [0, 0.05) is 30.0 Å². The zero-order chi connectivity index (χ0) is 56.8. The van der Waals surface area contributed by atoms with Crippen molar-refractivity contribution in [1.29, 1.82) is 0 Å². The monoisotopic (exact) mass is 1370 g/mol. The second-order valence-corrected chi connectivity index (χ2v) is 24.3. The van der Waals surface area contributed by atoms with Crippen molar-refractivity contribution in [3.05, 3.63) is 316 Å². The van der Waals surface area contributed by atoms with E-state index in [1.165, 1.54) is 61.1 Å². The van der Waals surface area contributed by atoms with Crippen molar-refractivity contribution in [3.63, 3.8) is 0 Å². The van der Waals surface area contributed by atoms with Crippen molar-refractivity contribution in [1.82, 2.24) is 0 Å². The molecule has 0 radical (unpaired) electrons. The van der Waals surface area contributed by atoms with Gasteiger partial charge in [0.15, 0.2) is 0 Å². The van der Waals surface area contributed by atoms with E-state index in [0.29, 0.717) is 10.8 Å². The predicted molar refractivity (Wildman–Crippen MR) is 358 cm³/mol. The Morgan fingerprint density at radius 2 is 0.768 bits per heavy atom. The Hall–Kier alpha value is -7.10. The minimum atomic E-state index is -1.72. The first-order valence-electron chi connectivity index (χ1n) is 25.4. The van der Waals surface area contributed by atoms with Crippen LogP contribution in [0.1, 0.15) is 11.1 Å². The van der Waals surface area contributed by atoms with E-state index in [9.17, 15) is 20.2 Å².